The van der Waals surface area contributed by atoms with Gasteiger partial charge < -0.3 is 10.1 Å². The number of para-hydroxylation sites is 1. The van der Waals surface area contributed by atoms with E-state index in [2.05, 4.69) is 23.2 Å². The standard InChI is InChI=1S/C17H17NO/c1-18-14-16-11-5-6-12-17(16)19-13-7-10-15-8-3-2-4-9-15/h2-6,8-9,11-12,18H,13-14H2,1H3. The average Bonchev–Trinajstić information content (AvgIpc) is 2.47. The highest BCUT2D eigenvalue weighted by Gasteiger charge is 1.99. The van der Waals surface area contributed by atoms with Crippen molar-refractivity contribution in [1.82, 2.24) is 5.32 Å². The molecule has 0 aliphatic rings. The fraction of sp³-hybridized carbons (Fsp3) is 0.176. The van der Waals surface area contributed by atoms with E-state index in [4.69, 9.17) is 4.74 Å². The van der Waals surface area contributed by atoms with Crippen LogP contribution in [0.3, 0.4) is 0 Å². The summed E-state index contributed by atoms with van der Waals surface area (Å²) >= 11 is 0. The van der Waals surface area contributed by atoms with Crippen molar-refractivity contribution in [3.8, 4) is 17.6 Å². The molecule has 1 N–H and O–H groups in total. The maximum absolute atomic E-state index is 5.70. The summed E-state index contributed by atoms with van der Waals surface area (Å²) < 4.78 is 5.70. The Kier molecular flexibility index (Phi) is 5.04. The van der Waals surface area contributed by atoms with Crippen LogP contribution in [0.25, 0.3) is 0 Å². The van der Waals surface area contributed by atoms with E-state index in [9.17, 15) is 0 Å². The van der Waals surface area contributed by atoms with Crippen LogP contribution < -0.4 is 10.1 Å². The van der Waals surface area contributed by atoms with Gasteiger partial charge in [-0.2, -0.15) is 0 Å². The van der Waals surface area contributed by atoms with Gasteiger partial charge in [-0.25, -0.2) is 0 Å². The molecule has 96 valence electrons. The lowest BCUT2D eigenvalue weighted by Gasteiger charge is -2.08. The van der Waals surface area contributed by atoms with Gasteiger partial charge >= 0.3 is 0 Å². The molecule has 2 aromatic rings. The molecule has 0 fully saturated rings. The molecular formula is C17H17NO. The maximum Gasteiger partial charge on any atom is 0.149 e. The highest BCUT2D eigenvalue weighted by molar-refractivity contribution is 5.35. The molecule has 0 aromatic heterocycles. The molecule has 2 aromatic carbocycles. The molecule has 0 saturated heterocycles. The van der Waals surface area contributed by atoms with Gasteiger partial charge in [0, 0.05) is 17.7 Å². The van der Waals surface area contributed by atoms with Gasteiger partial charge in [0.15, 0.2) is 0 Å². The van der Waals surface area contributed by atoms with Crippen molar-refractivity contribution in [2.24, 2.45) is 0 Å². The Hall–Kier alpha value is -2.24. The quantitative estimate of drug-likeness (QED) is 0.844. The molecule has 0 atom stereocenters. The Labute approximate surface area is 114 Å². The van der Waals surface area contributed by atoms with E-state index < -0.39 is 0 Å². The smallest absolute Gasteiger partial charge is 0.149 e. The van der Waals surface area contributed by atoms with Crippen LogP contribution in [-0.4, -0.2) is 13.7 Å². The van der Waals surface area contributed by atoms with Gasteiger partial charge in [0.25, 0.3) is 0 Å². The molecule has 0 heterocycles. The molecule has 2 rings (SSSR count). The minimum absolute atomic E-state index is 0.398. The van der Waals surface area contributed by atoms with Crippen molar-refractivity contribution in [2.75, 3.05) is 13.7 Å². The van der Waals surface area contributed by atoms with Crippen LogP contribution >= 0.6 is 0 Å². The van der Waals surface area contributed by atoms with Crippen LogP contribution in [0.5, 0.6) is 5.75 Å². The van der Waals surface area contributed by atoms with Crippen LogP contribution in [0.1, 0.15) is 11.1 Å². The molecule has 19 heavy (non-hydrogen) atoms. The number of ether oxygens (including phenoxy) is 1. The molecular weight excluding hydrogens is 234 g/mol. The minimum atomic E-state index is 0.398. The third-order valence-corrected chi connectivity index (χ3v) is 2.65. The normalized spacial score (nSPS) is 9.53. The van der Waals surface area contributed by atoms with Crippen molar-refractivity contribution in [1.29, 1.82) is 0 Å². The zero-order valence-corrected chi connectivity index (χ0v) is 11.0. The highest BCUT2D eigenvalue weighted by atomic mass is 16.5. The Morgan fingerprint density at radius 3 is 2.53 bits per heavy atom. The molecule has 0 aliphatic heterocycles. The predicted octanol–water partition coefficient (Wildman–Crippen LogP) is 2.84. The molecule has 0 radical (unpaired) electrons. The van der Waals surface area contributed by atoms with Gasteiger partial charge in [0.05, 0.1) is 0 Å². The van der Waals surface area contributed by atoms with Gasteiger partial charge in [0.2, 0.25) is 0 Å². The predicted molar refractivity (Wildman–Crippen MR) is 78.0 cm³/mol. The molecule has 0 spiro atoms. The average molecular weight is 251 g/mol. The van der Waals surface area contributed by atoms with Crippen molar-refractivity contribution < 1.29 is 4.74 Å². The second kappa shape index (κ2) is 7.25. The van der Waals surface area contributed by atoms with E-state index in [1.807, 2.05) is 55.6 Å². The highest BCUT2D eigenvalue weighted by Crippen LogP contribution is 2.17. The second-order valence-corrected chi connectivity index (χ2v) is 4.09. The first kappa shape index (κ1) is 13.2. The van der Waals surface area contributed by atoms with Gasteiger partial charge in [-0.15, -0.1) is 0 Å². The summed E-state index contributed by atoms with van der Waals surface area (Å²) in [5, 5.41) is 3.12. The maximum atomic E-state index is 5.70. The van der Waals surface area contributed by atoms with Crippen molar-refractivity contribution >= 4 is 0 Å². The van der Waals surface area contributed by atoms with Gasteiger partial charge in [-0.1, -0.05) is 48.2 Å². The van der Waals surface area contributed by atoms with Crippen LogP contribution in [0.2, 0.25) is 0 Å². The summed E-state index contributed by atoms with van der Waals surface area (Å²) in [5.41, 5.74) is 2.15. The van der Waals surface area contributed by atoms with E-state index >= 15 is 0 Å². The number of rotatable bonds is 4. The molecule has 2 nitrogen and oxygen atoms in total. The molecule has 2 heteroatoms. The number of hydrogen-bond donors (Lipinski definition) is 1. The number of hydrogen-bond acceptors (Lipinski definition) is 2. The molecule has 0 unspecified atom stereocenters. The van der Waals surface area contributed by atoms with Crippen LogP contribution in [0.4, 0.5) is 0 Å². The SMILES string of the molecule is CNCc1ccccc1OCC#Cc1ccccc1. The fourth-order valence-electron chi connectivity index (χ4n) is 1.75. The van der Waals surface area contributed by atoms with Gasteiger partial charge in [-0.3, -0.25) is 0 Å². The number of nitrogens with one attached hydrogen (secondary N) is 1. The summed E-state index contributed by atoms with van der Waals surface area (Å²) in [6.45, 7) is 1.19. The second-order valence-electron chi connectivity index (χ2n) is 4.09. The number of benzene rings is 2. The van der Waals surface area contributed by atoms with E-state index in [0.29, 0.717) is 6.61 Å². The summed E-state index contributed by atoms with van der Waals surface area (Å²) in [5.74, 6) is 6.99. The third kappa shape index (κ3) is 4.17. The largest absolute Gasteiger partial charge is 0.481 e. The minimum Gasteiger partial charge on any atom is -0.481 e. The zero-order valence-electron chi connectivity index (χ0n) is 11.0. The Bertz CT molecular complexity index is 567. The van der Waals surface area contributed by atoms with Gasteiger partial charge in [0.1, 0.15) is 12.4 Å². The zero-order chi connectivity index (χ0) is 13.3. The summed E-state index contributed by atoms with van der Waals surface area (Å²) in [6, 6.07) is 17.9. The monoisotopic (exact) mass is 251 g/mol. The summed E-state index contributed by atoms with van der Waals surface area (Å²) in [7, 11) is 1.92. The summed E-state index contributed by atoms with van der Waals surface area (Å²) in [6.07, 6.45) is 0. The van der Waals surface area contributed by atoms with Crippen LogP contribution in [0.15, 0.2) is 54.6 Å². The summed E-state index contributed by atoms with van der Waals surface area (Å²) in [4.78, 5) is 0. The van der Waals surface area contributed by atoms with E-state index in [1.165, 1.54) is 0 Å². The lowest BCUT2D eigenvalue weighted by molar-refractivity contribution is 0.365. The Balaban J connectivity index is 1.95. The first-order valence-corrected chi connectivity index (χ1v) is 6.29. The van der Waals surface area contributed by atoms with Crippen molar-refractivity contribution in [3.05, 3.63) is 65.7 Å². The van der Waals surface area contributed by atoms with E-state index in [1.54, 1.807) is 0 Å². The molecule has 0 amide bonds. The van der Waals surface area contributed by atoms with Crippen molar-refractivity contribution in [2.45, 2.75) is 6.54 Å². The Morgan fingerprint density at radius 1 is 1.00 bits per heavy atom. The van der Waals surface area contributed by atoms with Crippen LogP contribution in [-0.2, 0) is 6.54 Å². The van der Waals surface area contributed by atoms with E-state index in [0.717, 1.165) is 23.4 Å². The van der Waals surface area contributed by atoms with Gasteiger partial charge in [-0.05, 0) is 25.2 Å². The Morgan fingerprint density at radius 2 is 1.74 bits per heavy atom. The third-order valence-electron chi connectivity index (χ3n) is 2.65. The topological polar surface area (TPSA) is 21.3 Å². The van der Waals surface area contributed by atoms with Crippen molar-refractivity contribution in [3.63, 3.8) is 0 Å². The first-order chi connectivity index (χ1) is 9.40. The van der Waals surface area contributed by atoms with Crippen LogP contribution in [0, 0.1) is 11.8 Å². The first-order valence-electron chi connectivity index (χ1n) is 6.29. The lowest BCUT2D eigenvalue weighted by Crippen LogP contribution is -2.07. The fourth-order valence-corrected chi connectivity index (χ4v) is 1.75. The molecule has 0 aliphatic carbocycles. The van der Waals surface area contributed by atoms with E-state index in [-0.39, 0.29) is 0 Å². The molecule has 0 bridgehead atoms. The lowest BCUT2D eigenvalue weighted by atomic mass is 10.2. The molecule has 0 saturated carbocycles.